The van der Waals surface area contributed by atoms with Gasteiger partial charge in [-0.1, -0.05) is 12.1 Å². The van der Waals surface area contributed by atoms with Crippen LogP contribution in [0.5, 0.6) is 0 Å². The average molecular weight is 239 g/mol. The molecule has 2 heterocycles. The summed E-state index contributed by atoms with van der Waals surface area (Å²) in [6.45, 7) is 4.13. The molecular formula is C13H13N5. The van der Waals surface area contributed by atoms with Crippen LogP contribution in [-0.4, -0.2) is 20.2 Å². The minimum atomic E-state index is 0.734. The SMILES string of the molecule is Cc1ccc(C)c(Nc2ncnc3[nH]ncc23)c1. The Kier molecular flexibility index (Phi) is 2.44. The second-order valence-electron chi connectivity index (χ2n) is 4.30. The van der Waals surface area contributed by atoms with Crippen molar-refractivity contribution in [3.8, 4) is 0 Å². The third-order valence-corrected chi connectivity index (χ3v) is 2.89. The summed E-state index contributed by atoms with van der Waals surface area (Å²) < 4.78 is 0. The molecule has 0 aliphatic heterocycles. The maximum absolute atomic E-state index is 4.26. The first kappa shape index (κ1) is 10.7. The van der Waals surface area contributed by atoms with Crippen LogP contribution in [0.25, 0.3) is 11.0 Å². The van der Waals surface area contributed by atoms with Crippen LogP contribution in [0.15, 0.2) is 30.7 Å². The fraction of sp³-hybridized carbons (Fsp3) is 0.154. The van der Waals surface area contributed by atoms with Crippen LogP contribution < -0.4 is 5.32 Å². The number of benzene rings is 1. The molecule has 0 fully saturated rings. The summed E-state index contributed by atoms with van der Waals surface area (Å²) in [5.41, 5.74) is 4.17. The Morgan fingerprint density at radius 3 is 2.94 bits per heavy atom. The Hall–Kier alpha value is -2.43. The molecule has 0 bridgehead atoms. The predicted molar refractivity (Wildman–Crippen MR) is 70.9 cm³/mol. The molecule has 0 saturated heterocycles. The van der Waals surface area contributed by atoms with Gasteiger partial charge in [-0.3, -0.25) is 5.10 Å². The Bertz CT molecular complexity index is 701. The number of aromatic amines is 1. The first-order valence-electron chi connectivity index (χ1n) is 5.72. The van der Waals surface area contributed by atoms with E-state index in [4.69, 9.17) is 0 Å². The summed E-state index contributed by atoms with van der Waals surface area (Å²) in [5, 5.41) is 11.0. The smallest absolute Gasteiger partial charge is 0.160 e. The van der Waals surface area contributed by atoms with Gasteiger partial charge in [0, 0.05) is 5.69 Å². The van der Waals surface area contributed by atoms with Gasteiger partial charge in [0.1, 0.15) is 12.1 Å². The van der Waals surface area contributed by atoms with Gasteiger partial charge in [-0.25, -0.2) is 9.97 Å². The molecule has 1 aromatic carbocycles. The molecule has 0 amide bonds. The van der Waals surface area contributed by atoms with Gasteiger partial charge in [0.25, 0.3) is 0 Å². The molecule has 5 heteroatoms. The van der Waals surface area contributed by atoms with Crippen LogP contribution in [0.3, 0.4) is 0 Å². The second-order valence-corrected chi connectivity index (χ2v) is 4.30. The van der Waals surface area contributed by atoms with Gasteiger partial charge in [0.2, 0.25) is 0 Å². The Morgan fingerprint density at radius 1 is 1.17 bits per heavy atom. The molecule has 2 N–H and O–H groups in total. The van der Waals surface area contributed by atoms with Crippen molar-refractivity contribution in [1.29, 1.82) is 0 Å². The highest BCUT2D eigenvalue weighted by Crippen LogP contribution is 2.24. The number of nitrogens with zero attached hydrogens (tertiary/aromatic N) is 3. The van der Waals surface area contributed by atoms with Crippen LogP contribution in [-0.2, 0) is 0 Å². The second kappa shape index (κ2) is 4.10. The van der Waals surface area contributed by atoms with Gasteiger partial charge in [-0.2, -0.15) is 5.10 Å². The minimum absolute atomic E-state index is 0.734. The molecule has 2 aromatic heterocycles. The number of aryl methyl sites for hydroxylation is 2. The van der Waals surface area contributed by atoms with E-state index in [2.05, 4.69) is 57.5 Å². The van der Waals surface area contributed by atoms with E-state index in [1.54, 1.807) is 6.20 Å². The van der Waals surface area contributed by atoms with E-state index in [0.29, 0.717) is 0 Å². The zero-order chi connectivity index (χ0) is 12.5. The highest BCUT2D eigenvalue weighted by molar-refractivity contribution is 5.87. The largest absolute Gasteiger partial charge is 0.339 e. The standard InChI is InChI=1S/C13H13N5/c1-8-3-4-9(2)11(5-8)17-12-10-6-16-18-13(10)15-7-14-12/h3-7H,1-2H3,(H2,14,15,16,17,18). The normalized spacial score (nSPS) is 10.8. The lowest BCUT2D eigenvalue weighted by Gasteiger charge is -2.09. The van der Waals surface area contributed by atoms with Crippen LogP contribution in [0, 0.1) is 13.8 Å². The lowest BCUT2D eigenvalue weighted by atomic mass is 10.1. The molecule has 3 aromatic rings. The van der Waals surface area contributed by atoms with Crippen molar-refractivity contribution in [2.24, 2.45) is 0 Å². The maximum atomic E-state index is 4.26. The fourth-order valence-electron chi connectivity index (χ4n) is 1.86. The zero-order valence-electron chi connectivity index (χ0n) is 10.2. The number of nitrogens with one attached hydrogen (secondary N) is 2. The van der Waals surface area contributed by atoms with Gasteiger partial charge < -0.3 is 5.32 Å². The first-order chi connectivity index (χ1) is 8.74. The van der Waals surface area contributed by atoms with Gasteiger partial charge in [-0.15, -0.1) is 0 Å². The van der Waals surface area contributed by atoms with Crippen LogP contribution >= 0.6 is 0 Å². The fourth-order valence-corrected chi connectivity index (χ4v) is 1.86. The molecule has 0 radical (unpaired) electrons. The summed E-state index contributed by atoms with van der Waals surface area (Å²) in [6, 6.07) is 6.28. The minimum Gasteiger partial charge on any atom is -0.339 e. The molecule has 90 valence electrons. The molecule has 0 spiro atoms. The van der Waals surface area contributed by atoms with E-state index < -0.39 is 0 Å². The van der Waals surface area contributed by atoms with E-state index >= 15 is 0 Å². The van der Waals surface area contributed by atoms with Gasteiger partial charge in [0.05, 0.1) is 11.6 Å². The number of fused-ring (bicyclic) bond motifs is 1. The first-order valence-corrected chi connectivity index (χ1v) is 5.72. The highest BCUT2D eigenvalue weighted by Gasteiger charge is 2.06. The topological polar surface area (TPSA) is 66.5 Å². The van der Waals surface area contributed by atoms with Crippen molar-refractivity contribution in [2.45, 2.75) is 13.8 Å². The lowest BCUT2D eigenvalue weighted by molar-refractivity contribution is 1.09. The number of anilines is 2. The van der Waals surface area contributed by atoms with E-state index in [1.165, 1.54) is 17.5 Å². The zero-order valence-corrected chi connectivity index (χ0v) is 10.2. The van der Waals surface area contributed by atoms with Crippen LogP contribution in [0.2, 0.25) is 0 Å². The summed E-state index contributed by atoms with van der Waals surface area (Å²) in [4.78, 5) is 8.38. The van der Waals surface area contributed by atoms with Crippen LogP contribution in [0.1, 0.15) is 11.1 Å². The number of hydrogen-bond acceptors (Lipinski definition) is 4. The monoisotopic (exact) mass is 239 g/mol. The number of rotatable bonds is 2. The molecule has 0 unspecified atom stereocenters. The van der Waals surface area contributed by atoms with E-state index in [-0.39, 0.29) is 0 Å². The van der Waals surface area contributed by atoms with Crippen molar-refractivity contribution in [2.75, 3.05) is 5.32 Å². The summed E-state index contributed by atoms with van der Waals surface area (Å²) in [7, 11) is 0. The van der Waals surface area contributed by atoms with Gasteiger partial charge in [0.15, 0.2) is 5.65 Å². The van der Waals surface area contributed by atoms with Crippen molar-refractivity contribution >= 4 is 22.5 Å². The molecule has 0 aliphatic carbocycles. The Morgan fingerprint density at radius 2 is 2.06 bits per heavy atom. The molecule has 18 heavy (non-hydrogen) atoms. The molecule has 5 nitrogen and oxygen atoms in total. The predicted octanol–water partition coefficient (Wildman–Crippen LogP) is 2.71. The Balaban J connectivity index is 2.06. The van der Waals surface area contributed by atoms with Gasteiger partial charge in [-0.05, 0) is 31.0 Å². The van der Waals surface area contributed by atoms with Gasteiger partial charge >= 0.3 is 0 Å². The summed E-state index contributed by atoms with van der Waals surface area (Å²) in [6.07, 6.45) is 3.25. The lowest BCUT2D eigenvalue weighted by Crippen LogP contribution is -1.97. The van der Waals surface area contributed by atoms with E-state index in [1.807, 2.05) is 0 Å². The summed E-state index contributed by atoms with van der Waals surface area (Å²) in [5.74, 6) is 0.766. The molecule has 3 rings (SSSR count). The number of H-pyrrole nitrogens is 1. The third kappa shape index (κ3) is 1.79. The Labute approximate surface area is 104 Å². The van der Waals surface area contributed by atoms with Crippen molar-refractivity contribution in [3.05, 3.63) is 41.9 Å². The highest BCUT2D eigenvalue weighted by atomic mass is 15.2. The molecule has 0 aliphatic rings. The van der Waals surface area contributed by atoms with Crippen molar-refractivity contribution < 1.29 is 0 Å². The van der Waals surface area contributed by atoms with Crippen molar-refractivity contribution in [3.63, 3.8) is 0 Å². The molecule has 0 atom stereocenters. The molecule has 0 saturated carbocycles. The third-order valence-electron chi connectivity index (χ3n) is 2.89. The average Bonchev–Trinajstić information content (AvgIpc) is 2.83. The quantitative estimate of drug-likeness (QED) is 0.721. The van der Waals surface area contributed by atoms with E-state index in [9.17, 15) is 0 Å². The summed E-state index contributed by atoms with van der Waals surface area (Å²) >= 11 is 0. The molecular weight excluding hydrogens is 226 g/mol. The van der Waals surface area contributed by atoms with Crippen molar-refractivity contribution in [1.82, 2.24) is 20.2 Å². The van der Waals surface area contributed by atoms with Crippen LogP contribution in [0.4, 0.5) is 11.5 Å². The maximum Gasteiger partial charge on any atom is 0.160 e. The van der Waals surface area contributed by atoms with E-state index in [0.717, 1.165) is 22.5 Å². The number of aromatic nitrogens is 4. The number of hydrogen-bond donors (Lipinski definition) is 2.